The minimum atomic E-state index is 0.342. The molecule has 0 aliphatic heterocycles. The molecule has 0 heterocycles. The lowest BCUT2D eigenvalue weighted by atomic mass is 9.79. The average Bonchev–Trinajstić information content (AvgIpc) is 2.38. The van der Waals surface area contributed by atoms with E-state index < -0.39 is 0 Å². The maximum absolute atomic E-state index is 5.86. The van der Waals surface area contributed by atoms with Crippen LogP contribution in [0.15, 0.2) is 24.3 Å². The summed E-state index contributed by atoms with van der Waals surface area (Å²) in [4.78, 5) is 0. The summed E-state index contributed by atoms with van der Waals surface area (Å²) in [6, 6.07) is 8.88. The molecule has 0 amide bonds. The van der Waals surface area contributed by atoms with Crippen LogP contribution in [0.3, 0.4) is 0 Å². The Morgan fingerprint density at radius 3 is 2.59 bits per heavy atom. The molecular formula is C16H24O. The smallest absolute Gasteiger partial charge is 0.0827 e. The van der Waals surface area contributed by atoms with Crippen LogP contribution in [0.4, 0.5) is 0 Å². The van der Waals surface area contributed by atoms with Crippen molar-refractivity contribution in [2.75, 3.05) is 6.61 Å². The first-order valence-corrected chi connectivity index (χ1v) is 7.07. The fourth-order valence-electron chi connectivity index (χ4n) is 2.96. The molecule has 2 atom stereocenters. The summed E-state index contributed by atoms with van der Waals surface area (Å²) in [6.45, 7) is 5.18. The number of benzene rings is 1. The second-order valence-electron chi connectivity index (χ2n) is 4.99. The van der Waals surface area contributed by atoms with Crippen LogP contribution in [-0.2, 0) is 4.74 Å². The van der Waals surface area contributed by atoms with Crippen molar-refractivity contribution in [3.05, 3.63) is 35.4 Å². The Hall–Kier alpha value is -0.820. The molecule has 1 aliphatic carbocycles. The van der Waals surface area contributed by atoms with Crippen molar-refractivity contribution in [2.24, 2.45) is 0 Å². The number of hydrogen-bond acceptors (Lipinski definition) is 1. The lowest BCUT2D eigenvalue weighted by molar-refractivity contribution is 0.0466. The molecule has 1 nitrogen and oxygen atoms in total. The summed E-state index contributed by atoms with van der Waals surface area (Å²) in [7, 11) is 0. The van der Waals surface area contributed by atoms with Gasteiger partial charge in [-0.1, -0.05) is 44.0 Å². The highest BCUT2D eigenvalue weighted by Crippen LogP contribution is 2.41. The van der Waals surface area contributed by atoms with E-state index in [9.17, 15) is 0 Å². The molecule has 1 aromatic rings. The average molecular weight is 232 g/mol. The molecule has 0 fully saturated rings. The molecule has 0 N–H and O–H groups in total. The molecule has 0 bridgehead atoms. The Labute approximate surface area is 105 Å². The second-order valence-corrected chi connectivity index (χ2v) is 4.99. The number of ether oxygens (including phenoxy) is 1. The molecule has 94 valence electrons. The summed E-state index contributed by atoms with van der Waals surface area (Å²) in [5.74, 6) is 0.767. The summed E-state index contributed by atoms with van der Waals surface area (Å²) in [6.07, 6.45) is 6.81. The van der Waals surface area contributed by atoms with Crippen LogP contribution in [0.25, 0.3) is 0 Å². The van der Waals surface area contributed by atoms with Crippen LogP contribution in [0.1, 0.15) is 69.1 Å². The second kappa shape index (κ2) is 6.20. The largest absolute Gasteiger partial charge is 0.374 e. The van der Waals surface area contributed by atoms with E-state index in [0.29, 0.717) is 6.10 Å². The van der Waals surface area contributed by atoms with E-state index in [-0.39, 0.29) is 0 Å². The van der Waals surface area contributed by atoms with Gasteiger partial charge >= 0.3 is 0 Å². The van der Waals surface area contributed by atoms with Gasteiger partial charge in [-0.25, -0.2) is 0 Å². The number of fused-ring (bicyclic) bond motifs is 1. The van der Waals surface area contributed by atoms with Crippen LogP contribution in [0.2, 0.25) is 0 Å². The SMILES string of the molecule is CCCC[C@H]1CC[C@H](OCC)c2ccccc21. The summed E-state index contributed by atoms with van der Waals surface area (Å²) >= 11 is 0. The molecule has 0 saturated heterocycles. The Morgan fingerprint density at radius 2 is 1.88 bits per heavy atom. The summed E-state index contributed by atoms with van der Waals surface area (Å²) < 4.78 is 5.86. The first-order chi connectivity index (χ1) is 8.36. The predicted octanol–water partition coefficient (Wildman–Crippen LogP) is 4.83. The predicted molar refractivity (Wildman–Crippen MR) is 72.3 cm³/mol. The van der Waals surface area contributed by atoms with Gasteiger partial charge in [0, 0.05) is 6.61 Å². The fourth-order valence-corrected chi connectivity index (χ4v) is 2.96. The first kappa shape index (κ1) is 12.6. The van der Waals surface area contributed by atoms with Gasteiger partial charge in [0.05, 0.1) is 6.10 Å². The number of unbranched alkanes of at least 4 members (excludes halogenated alkanes) is 1. The van der Waals surface area contributed by atoms with Crippen molar-refractivity contribution in [3.8, 4) is 0 Å². The van der Waals surface area contributed by atoms with Crippen molar-refractivity contribution in [3.63, 3.8) is 0 Å². The maximum atomic E-state index is 5.86. The van der Waals surface area contributed by atoms with Crippen molar-refractivity contribution < 1.29 is 4.74 Å². The highest BCUT2D eigenvalue weighted by Gasteiger charge is 2.26. The van der Waals surface area contributed by atoms with E-state index in [1.165, 1.54) is 37.7 Å². The molecule has 2 rings (SSSR count). The van der Waals surface area contributed by atoms with Gasteiger partial charge in [0.2, 0.25) is 0 Å². The molecule has 0 unspecified atom stereocenters. The fraction of sp³-hybridized carbons (Fsp3) is 0.625. The van der Waals surface area contributed by atoms with Gasteiger partial charge in [-0.05, 0) is 43.2 Å². The topological polar surface area (TPSA) is 9.23 Å². The maximum Gasteiger partial charge on any atom is 0.0827 e. The number of rotatable bonds is 5. The quantitative estimate of drug-likeness (QED) is 0.706. The highest BCUT2D eigenvalue weighted by atomic mass is 16.5. The van der Waals surface area contributed by atoms with Crippen LogP contribution in [0, 0.1) is 0 Å². The monoisotopic (exact) mass is 232 g/mol. The van der Waals surface area contributed by atoms with Crippen molar-refractivity contribution in [1.29, 1.82) is 0 Å². The van der Waals surface area contributed by atoms with Crippen molar-refractivity contribution >= 4 is 0 Å². The standard InChI is InChI=1S/C16H24O/c1-3-5-8-13-11-12-16(17-4-2)15-10-7-6-9-14(13)15/h6-7,9-10,13,16H,3-5,8,11-12H2,1-2H3/t13-,16-/m0/s1. The van der Waals surface area contributed by atoms with Crippen LogP contribution < -0.4 is 0 Å². The van der Waals surface area contributed by atoms with E-state index in [0.717, 1.165) is 12.5 Å². The third kappa shape index (κ3) is 2.90. The van der Waals surface area contributed by atoms with Crippen molar-refractivity contribution in [1.82, 2.24) is 0 Å². The lowest BCUT2D eigenvalue weighted by Crippen LogP contribution is -2.16. The first-order valence-electron chi connectivity index (χ1n) is 7.07. The van der Waals surface area contributed by atoms with E-state index in [4.69, 9.17) is 4.74 Å². The zero-order chi connectivity index (χ0) is 12.1. The minimum Gasteiger partial charge on any atom is -0.374 e. The van der Waals surface area contributed by atoms with Gasteiger partial charge in [0.25, 0.3) is 0 Å². The van der Waals surface area contributed by atoms with E-state index >= 15 is 0 Å². The van der Waals surface area contributed by atoms with Crippen molar-refractivity contribution in [2.45, 2.75) is 58.0 Å². The van der Waals surface area contributed by atoms with E-state index in [1.54, 1.807) is 5.56 Å². The normalized spacial score (nSPS) is 23.4. The van der Waals surface area contributed by atoms with Crippen LogP contribution in [-0.4, -0.2) is 6.61 Å². The van der Waals surface area contributed by atoms with E-state index in [2.05, 4.69) is 38.1 Å². The van der Waals surface area contributed by atoms with Gasteiger partial charge in [0.15, 0.2) is 0 Å². The zero-order valence-corrected chi connectivity index (χ0v) is 11.1. The number of hydrogen-bond donors (Lipinski definition) is 0. The van der Waals surface area contributed by atoms with E-state index in [1.807, 2.05) is 0 Å². The molecule has 1 heteroatoms. The molecule has 0 aromatic heterocycles. The van der Waals surface area contributed by atoms with Gasteiger partial charge in [-0.2, -0.15) is 0 Å². The lowest BCUT2D eigenvalue weighted by Gasteiger charge is -2.31. The molecule has 0 radical (unpaired) electrons. The van der Waals surface area contributed by atoms with Gasteiger partial charge < -0.3 is 4.74 Å². The molecule has 1 aromatic carbocycles. The third-order valence-electron chi connectivity index (χ3n) is 3.83. The zero-order valence-electron chi connectivity index (χ0n) is 11.1. The Kier molecular flexibility index (Phi) is 4.61. The van der Waals surface area contributed by atoms with Gasteiger partial charge in [-0.15, -0.1) is 0 Å². The van der Waals surface area contributed by atoms with Gasteiger partial charge in [-0.3, -0.25) is 0 Å². The van der Waals surface area contributed by atoms with Gasteiger partial charge in [0.1, 0.15) is 0 Å². The summed E-state index contributed by atoms with van der Waals surface area (Å²) in [5, 5.41) is 0. The molecule has 0 saturated carbocycles. The summed E-state index contributed by atoms with van der Waals surface area (Å²) in [5.41, 5.74) is 2.99. The molecule has 1 aliphatic rings. The Morgan fingerprint density at radius 1 is 1.12 bits per heavy atom. The Bertz CT molecular complexity index is 345. The molecule has 17 heavy (non-hydrogen) atoms. The van der Waals surface area contributed by atoms with Crippen LogP contribution in [0.5, 0.6) is 0 Å². The molecule has 0 spiro atoms. The van der Waals surface area contributed by atoms with Crippen LogP contribution >= 0.6 is 0 Å². The minimum absolute atomic E-state index is 0.342. The highest BCUT2D eigenvalue weighted by molar-refractivity contribution is 5.34. The third-order valence-corrected chi connectivity index (χ3v) is 3.83. The Balaban J connectivity index is 2.17. The molecular weight excluding hydrogens is 208 g/mol.